The average Bonchev–Trinajstić information content (AvgIpc) is 3.05. The molecule has 0 unspecified atom stereocenters. The Hall–Kier alpha value is -2.70. The molecule has 0 saturated heterocycles. The van der Waals surface area contributed by atoms with Gasteiger partial charge in [-0.15, -0.1) is 0 Å². The van der Waals surface area contributed by atoms with Gasteiger partial charge in [0.15, 0.2) is 11.5 Å². The second-order valence-electron chi connectivity index (χ2n) is 5.16. The van der Waals surface area contributed by atoms with Gasteiger partial charge >= 0.3 is 0 Å². The number of fused-ring (bicyclic) bond motifs is 2. The third-order valence-corrected chi connectivity index (χ3v) is 3.85. The summed E-state index contributed by atoms with van der Waals surface area (Å²) >= 11 is 0. The van der Waals surface area contributed by atoms with Crippen LogP contribution in [0.25, 0.3) is 11.1 Å². The number of carbonyl (C=O) groups is 2. The molecule has 6 heteroatoms. The first-order chi connectivity index (χ1) is 10.5. The normalized spacial score (nSPS) is 17.7. The Morgan fingerprint density at radius 2 is 1.45 bits per heavy atom. The van der Waals surface area contributed by atoms with Crippen molar-refractivity contribution < 1.29 is 29.3 Å². The summed E-state index contributed by atoms with van der Waals surface area (Å²) < 4.78 is 10.5. The molecule has 1 heterocycles. The summed E-state index contributed by atoms with van der Waals surface area (Å²) in [5, 5.41) is 19.1. The molecule has 22 heavy (non-hydrogen) atoms. The van der Waals surface area contributed by atoms with E-state index < -0.39 is 17.4 Å². The summed E-state index contributed by atoms with van der Waals surface area (Å²) in [4.78, 5) is 23.7. The summed E-state index contributed by atoms with van der Waals surface area (Å²) in [5.74, 6) is -3.73. The highest BCUT2D eigenvalue weighted by molar-refractivity contribution is 6.30. The Morgan fingerprint density at radius 1 is 0.818 bits per heavy atom. The molecule has 0 spiro atoms. The Labute approximate surface area is 124 Å². The molecular weight excluding hydrogens is 288 g/mol. The molecule has 0 amide bonds. The van der Waals surface area contributed by atoms with Crippen LogP contribution in [0.4, 0.5) is 0 Å². The van der Waals surface area contributed by atoms with Crippen molar-refractivity contribution in [2.75, 3.05) is 6.79 Å². The van der Waals surface area contributed by atoms with Crippen molar-refractivity contribution in [1.82, 2.24) is 0 Å². The quantitative estimate of drug-likeness (QED) is 0.606. The van der Waals surface area contributed by atoms with Gasteiger partial charge in [-0.25, -0.2) is 0 Å². The van der Waals surface area contributed by atoms with E-state index in [1.165, 1.54) is 12.1 Å². The largest absolute Gasteiger partial charge is 0.454 e. The number of benzene rings is 2. The van der Waals surface area contributed by atoms with Crippen LogP contribution in [0.15, 0.2) is 36.4 Å². The Bertz CT molecular complexity index is 837. The molecule has 110 valence electrons. The van der Waals surface area contributed by atoms with Gasteiger partial charge in [-0.05, 0) is 35.4 Å². The molecule has 1 aliphatic heterocycles. The van der Waals surface area contributed by atoms with Crippen molar-refractivity contribution in [1.29, 1.82) is 0 Å². The van der Waals surface area contributed by atoms with Crippen molar-refractivity contribution in [3.05, 3.63) is 47.5 Å². The zero-order valence-corrected chi connectivity index (χ0v) is 11.2. The number of Topliss-reactive ketones (excluding diaryl/α,β-unsaturated/α-hetero) is 2. The molecule has 0 radical (unpaired) electrons. The average molecular weight is 298 g/mol. The highest BCUT2D eigenvalue weighted by atomic mass is 16.7. The molecule has 0 saturated carbocycles. The van der Waals surface area contributed by atoms with Crippen LogP contribution in [0.3, 0.4) is 0 Å². The molecule has 0 fully saturated rings. The standard InChI is InChI=1S/C16H10O6/c17-14-10-3-1-8(5-11(10)15(18)16(14,19)20)9-2-4-12-13(6-9)22-7-21-12/h1-6,19-20H,7H2. The number of hydrogen-bond acceptors (Lipinski definition) is 6. The number of rotatable bonds is 1. The summed E-state index contributed by atoms with van der Waals surface area (Å²) in [5.41, 5.74) is 1.45. The molecule has 4 rings (SSSR count). The predicted molar refractivity (Wildman–Crippen MR) is 73.8 cm³/mol. The molecule has 2 aliphatic rings. The van der Waals surface area contributed by atoms with E-state index in [4.69, 9.17) is 9.47 Å². The van der Waals surface area contributed by atoms with Crippen LogP contribution >= 0.6 is 0 Å². The SMILES string of the molecule is O=C1c2ccc(-c3ccc4c(c3)OCO4)cc2C(=O)C1(O)O. The van der Waals surface area contributed by atoms with Gasteiger partial charge in [0.25, 0.3) is 5.79 Å². The van der Waals surface area contributed by atoms with Crippen LogP contribution in [0.1, 0.15) is 20.7 Å². The number of ketones is 2. The third-order valence-electron chi connectivity index (χ3n) is 3.85. The number of hydrogen-bond donors (Lipinski definition) is 2. The lowest BCUT2D eigenvalue weighted by Gasteiger charge is -2.08. The van der Waals surface area contributed by atoms with E-state index in [0.29, 0.717) is 17.1 Å². The first-order valence-corrected chi connectivity index (χ1v) is 6.57. The van der Waals surface area contributed by atoms with Crippen molar-refractivity contribution in [3.8, 4) is 22.6 Å². The third kappa shape index (κ3) is 1.62. The first kappa shape index (κ1) is 13.0. The minimum absolute atomic E-state index is 0.00478. The zero-order valence-electron chi connectivity index (χ0n) is 11.2. The van der Waals surface area contributed by atoms with Crippen molar-refractivity contribution >= 4 is 11.6 Å². The molecule has 6 nitrogen and oxygen atoms in total. The van der Waals surface area contributed by atoms with Gasteiger partial charge in [0.1, 0.15) is 0 Å². The molecule has 0 aromatic heterocycles. The van der Waals surface area contributed by atoms with Crippen LogP contribution in [-0.2, 0) is 0 Å². The highest BCUT2D eigenvalue weighted by Crippen LogP contribution is 2.37. The Balaban J connectivity index is 1.82. The minimum Gasteiger partial charge on any atom is -0.454 e. The van der Waals surface area contributed by atoms with Gasteiger partial charge in [0.05, 0.1) is 0 Å². The van der Waals surface area contributed by atoms with Crippen LogP contribution in [0.5, 0.6) is 11.5 Å². The van der Waals surface area contributed by atoms with Crippen molar-refractivity contribution in [2.24, 2.45) is 0 Å². The van der Waals surface area contributed by atoms with Gasteiger partial charge in [-0.2, -0.15) is 0 Å². The maximum absolute atomic E-state index is 11.9. The summed E-state index contributed by atoms with van der Waals surface area (Å²) in [6, 6.07) is 9.84. The van der Waals surface area contributed by atoms with Crippen molar-refractivity contribution in [3.63, 3.8) is 0 Å². The van der Waals surface area contributed by atoms with Gasteiger partial charge < -0.3 is 19.7 Å². The maximum Gasteiger partial charge on any atom is 0.295 e. The summed E-state index contributed by atoms with van der Waals surface area (Å²) in [7, 11) is 0. The summed E-state index contributed by atoms with van der Waals surface area (Å²) in [6.45, 7) is 0.160. The van der Waals surface area contributed by atoms with Gasteiger partial charge in [-0.3, -0.25) is 9.59 Å². The predicted octanol–water partition coefficient (Wildman–Crippen LogP) is 1.14. The topological polar surface area (TPSA) is 93.1 Å². The molecule has 2 aromatic rings. The zero-order chi connectivity index (χ0) is 15.5. The van der Waals surface area contributed by atoms with E-state index in [2.05, 4.69) is 0 Å². The summed E-state index contributed by atoms with van der Waals surface area (Å²) in [6.07, 6.45) is 0. The fourth-order valence-corrected chi connectivity index (χ4v) is 2.66. The Morgan fingerprint density at radius 3 is 2.27 bits per heavy atom. The number of aliphatic hydroxyl groups is 2. The van der Waals surface area contributed by atoms with Crippen LogP contribution in [-0.4, -0.2) is 34.4 Å². The first-order valence-electron chi connectivity index (χ1n) is 6.57. The second-order valence-corrected chi connectivity index (χ2v) is 5.16. The maximum atomic E-state index is 11.9. The van der Waals surface area contributed by atoms with Crippen LogP contribution in [0, 0.1) is 0 Å². The van der Waals surface area contributed by atoms with Gasteiger partial charge in [0.2, 0.25) is 18.4 Å². The van der Waals surface area contributed by atoms with E-state index in [0.717, 1.165) is 5.56 Å². The lowest BCUT2D eigenvalue weighted by Crippen LogP contribution is -2.40. The van der Waals surface area contributed by atoms with Crippen LogP contribution < -0.4 is 9.47 Å². The van der Waals surface area contributed by atoms with E-state index in [-0.39, 0.29) is 17.9 Å². The molecule has 1 aliphatic carbocycles. The monoisotopic (exact) mass is 298 g/mol. The minimum atomic E-state index is -2.96. The molecule has 2 N–H and O–H groups in total. The highest BCUT2D eigenvalue weighted by Gasteiger charge is 2.50. The van der Waals surface area contributed by atoms with E-state index in [9.17, 15) is 19.8 Å². The second kappa shape index (κ2) is 4.16. The lowest BCUT2D eigenvalue weighted by molar-refractivity contribution is -0.0857. The van der Waals surface area contributed by atoms with Gasteiger partial charge in [0, 0.05) is 11.1 Å². The van der Waals surface area contributed by atoms with Crippen molar-refractivity contribution in [2.45, 2.75) is 5.79 Å². The molecular formula is C16H10O6. The van der Waals surface area contributed by atoms with E-state index >= 15 is 0 Å². The molecule has 0 atom stereocenters. The molecule has 2 aromatic carbocycles. The molecule has 0 bridgehead atoms. The lowest BCUT2D eigenvalue weighted by atomic mass is 10.00. The number of carbonyl (C=O) groups excluding carboxylic acids is 2. The van der Waals surface area contributed by atoms with E-state index in [1.54, 1.807) is 24.3 Å². The number of ether oxygens (including phenoxy) is 2. The fraction of sp³-hybridized carbons (Fsp3) is 0.125. The van der Waals surface area contributed by atoms with Gasteiger partial charge in [-0.1, -0.05) is 12.1 Å². The smallest absolute Gasteiger partial charge is 0.295 e. The van der Waals surface area contributed by atoms with Crippen LogP contribution in [0.2, 0.25) is 0 Å². The Kier molecular flexibility index (Phi) is 2.46. The van der Waals surface area contributed by atoms with E-state index in [1.807, 2.05) is 0 Å². The fourth-order valence-electron chi connectivity index (χ4n) is 2.66.